The second-order valence-electron chi connectivity index (χ2n) is 4.66. The van der Waals surface area contributed by atoms with E-state index >= 15 is 0 Å². The maximum atomic E-state index is 8.87. The van der Waals surface area contributed by atoms with Gasteiger partial charge in [-0.1, -0.05) is 12.1 Å². The molecule has 0 spiro atoms. The lowest BCUT2D eigenvalue weighted by molar-refractivity contribution is 0.265. The first-order chi connectivity index (χ1) is 8.01. The molecule has 0 fully saturated rings. The van der Waals surface area contributed by atoms with Crippen molar-refractivity contribution in [3.05, 3.63) is 29.3 Å². The van der Waals surface area contributed by atoms with Crippen molar-refractivity contribution in [3.63, 3.8) is 0 Å². The van der Waals surface area contributed by atoms with Crippen LogP contribution >= 0.6 is 0 Å². The number of benzene rings is 1. The van der Waals surface area contributed by atoms with Crippen molar-refractivity contribution in [2.24, 2.45) is 5.73 Å². The molecule has 3 nitrogen and oxygen atoms in total. The summed E-state index contributed by atoms with van der Waals surface area (Å²) in [7, 11) is 0. The fraction of sp³-hybridized carbons (Fsp3) is 0.571. The standard InChI is InChI=1S/C14H23NO2/c1-4-17-13-7-6-12(10-11(13)2)14(3,15)8-5-9-16/h6-7,10,16H,4-5,8-9,15H2,1-3H3. The first-order valence-electron chi connectivity index (χ1n) is 6.15. The first kappa shape index (κ1) is 14.0. The highest BCUT2D eigenvalue weighted by Crippen LogP contribution is 2.27. The van der Waals surface area contributed by atoms with Gasteiger partial charge in [0.05, 0.1) is 6.61 Å². The van der Waals surface area contributed by atoms with Gasteiger partial charge in [0.15, 0.2) is 0 Å². The molecule has 0 aliphatic carbocycles. The van der Waals surface area contributed by atoms with Crippen LogP contribution in [0.3, 0.4) is 0 Å². The molecule has 0 aromatic heterocycles. The summed E-state index contributed by atoms with van der Waals surface area (Å²) in [5.41, 5.74) is 8.07. The average molecular weight is 237 g/mol. The van der Waals surface area contributed by atoms with Crippen LogP contribution < -0.4 is 10.5 Å². The SMILES string of the molecule is CCOc1ccc(C(C)(N)CCCO)cc1C. The molecule has 0 bridgehead atoms. The summed E-state index contributed by atoms with van der Waals surface area (Å²) in [6.45, 7) is 6.85. The Morgan fingerprint density at radius 1 is 1.41 bits per heavy atom. The summed E-state index contributed by atoms with van der Waals surface area (Å²) in [5, 5.41) is 8.87. The third kappa shape index (κ3) is 3.72. The summed E-state index contributed by atoms with van der Waals surface area (Å²) in [6.07, 6.45) is 1.50. The van der Waals surface area contributed by atoms with Gasteiger partial charge in [-0.3, -0.25) is 0 Å². The van der Waals surface area contributed by atoms with Gasteiger partial charge in [0, 0.05) is 12.1 Å². The summed E-state index contributed by atoms with van der Waals surface area (Å²) in [5.74, 6) is 0.911. The molecule has 1 rings (SSSR count). The van der Waals surface area contributed by atoms with Gasteiger partial charge in [-0.15, -0.1) is 0 Å². The minimum atomic E-state index is -0.391. The number of nitrogens with two attached hydrogens (primary N) is 1. The third-order valence-corrected chi connectivity index (χ3v) is 2.99. The molecule has 1 unspecified atom stereocenters. The van der Waals surface area contributed by atoms with Crippen LogP contribution in [0.25, 0.3) is 0 Å². The Morgan fingerprint density at radius 2 is 2.12 bits per heavy atom. The molecule has 3 N–H and O–H groups in total. The molecule has 1 atom stereocenters. The van der Waals surface area contributed by atoms with E-state index < -0.39 is 5.54 Å². The molecule has 3 heteroatoms. The van der Waals surface area contributed by atoms with E-state index in [2.05, 4.69) is 6.07 Å². The Bertz CT molecular complexity index is 361. The molecule has 1 aromatic rings. The van der Waals surface area contributed by atoms with Gasteiger partial charge in [0.1, 0.15) is 5.75 Å². The van der Waals surface area contributed by atoms with E-state index in [0.29, 0.717) is 6.61 Å². The zero-order chi connectivity index (χ0) is 12.9. The molecule has 0 amide bonds. The van der Waals surface area contributed by atoms with E-state index in [1.54, 1.807) is 0 Å². The Morgan fingerprint density at radius 3 is 2.65 bits per heavy atom. The average Bonchev–Trinajstić information content (AvgIpc) is 2.29. The van der Waals surface area contributed by atoms with E-state index in [1.807, 2.05) is 32.9 Å². The quantitative estimate of drug-likeness (QED) is 0.798. The van der Waals surface area contributed by atoms with Crippen molar-refractivity contribution < 1.29 is 9.84 Å². The number of hydrogen-bond acceptors (Lipinski definition) is 3. The van der Waals surface area contributed by atoms with Crippen LogP contribution in [0.1, 0.15) is 37.8 Å². The van der Waals surface area contributed by atoms with Crippen LogP contribution in [-0.4, -0.2) is 18.3 Å². The zero-order valence-corrected chi connectivity index (χ0v) is 11.0. The van der Waals surface area contributed by atoms with Gasteiger partial charge >= 0.3 is 0 Å². The van der Waals surface area contributed by atoms with E-state index in [4.69, 9.17) is 15.6 Å². The lowest BCUT2D eigenvalue weighted by atomic mass is 9.87. The molecule has 0 aliphatic rings. The number of aliphatic hydroxyl groups is 1. The maximum Gasteiger partial charge on any atom is 0.122 e. The molecule has 17 heavy (non-hydrogen) atoms. The molecule has 0 heterocycles. The minimum absolute atomic E-state index is 0.183. The molecule has 0 radical (unpaired) electrons. The zero-order valence-electron chi connectivity index (χ0n) is 11.0. The summed E-state index contributed by atoms with van der Waals surface area (Å²) in [6, 6.07) is 6.05. The number of hydrogen-bond donors (Lipinski definition) is 2. The van der Waals surface area contributed by atoms with Crippen LogP contribution in [0.15, 0.2) is 18.2 Å². The monoisotopic (exact) mass is 237 g/mol. The largest absolute Gasteiger partial charge is 0.494 e. The third-order valence-electron chi connectivity index (χ3n) is 2.99. The van der Waals surface area contributed by atoms with Gasteiger partial charge < -0.3 is 15.6 Å². The van der Waals surface area contributed by atoms with Crippen LogP contribution in [0.4, 0.5) is 0 Å². The normalized spacial score (nSPS) is 14.4. The van der Waals surface area contributed by atoms with Crippen LogP contribution in [0, 0.1) is 6.92 Å². The Kier molecular flexibility index (Phi) is 4.97. The van der Waals surface area contributed by atoms with Crippen LogP contribution in [0.5, 0.6) is 5.75 Å². The molecule has 0 saturated heterocycles. The van der Waals surface area contributed by atoms with Gasteiger partial charge in [-0.25, -0.2) is 0 Å². The maximum absolute atomic E-state index is 8.87. The van der Waals surface area contributed by atoms with E-state index in [-0.39, 0.29) is 6.61 Å². The number of aryl methyl sites for hydroxylation is 1. The Hall–Kier alpha value is -1.06. The van der Waals surface area contributed by atoms with E-state index in [0.717, 1.165) is 29.7 Å². The van der Waals surface area contributed by atoms with Crippen molar-refractivity contribution >= 4 is 0 Å². The molecule has 96 valence electrons. The molecular weight excluding hydrogens is 214 g/mol. The number of ether oxygens (including phenoxy) is 1. The second-order valence-corrected chi connectivity index (χ2v) is 4.66. The highest BCUT2D eigenvalue weighted by atomic mass is 16.5. The molecular formula is C14H23NO2. The van der Waals surface area contributed by atoms with E-state index in [1.165, 1.54) is 0 Å². The van der Waals surface area contributed by atoms with Gasteiger partial charge in [-0.05, 0) is 50.8 Å². The first-order valence-corrected chi connectivity index (χ1v) is 6.15. The van der Waals surface area contributed by atoms with E-state index in [9.17, 15) is 0 Å². The Balaban J connectivity index is 2.88. The molecule has 0 aliphatic heterocycles. The van der Waals surface area contributed by atoms with Crippen LogP contribution in [0.2, 0.25) is 0 Å². The van der Waals surface area contributed by atoms with Crippen molar-refractivity contribution in [1.82, 2.24) is 0 Å². The van der Waals surface area contributed by atoms with Gasteiger partial charge in [-0.2, -0.15) is 0 Å². The molecule has 1 aromatic carbocycles. The highest BCUT2D eigenvalue weighted by molar-refractivity contribution is 5.38. The number of rotatable bonds is 6. The van der Waals surface area contributed by atoms with Crippen molar-refractivity contribution in [2.45, 2.75) is 39.2 Å². The lowest BCUT2D eigenvalue weighted by Gasteiger charge is -2.26. The Labute approximate surface area is 104 Å². The highest BCUT2D eigenvalue weighted by Gasteiger charge is 2.21. The van der Waals surface area contributed by atoms with Gasteiger partial charge in [0.2, 0.25) is 0 Å². The number of aliphatic hydroxyl groups excluding tert-OH is 1. The topological polar surface area (TPSA) is 55.5 Å². The van der Waals surface area contributed by atoms with Crippen molar-refractivity contribution in [2.75, 3.05) is 13.2 Å². The summed E-state index contributed by atoms with van der Waals surface area (Å²) in [4.78, 5) is 0. The van der Waals surface area contributed by atoms with Crippen LogP contribution in [-0.2, 0) is 5.54 Å². The fourth-order valence-electron chi connectivity index (χ4n) is 1.91. The summed E-state index contributed by atoms with van der Waals surface area (Å²) < 4.78 is 5.50. The smallest absolute Gasteiger partial charge is 0.122 e. The predicted octanol–water partition coefficient (Wildman–Crippen LogP) is 2.34. The summed E-state index contributed by atoms with van der Waals surface area (Å²) >= 11 is 0. The molecule has 0 saturated carbocycles. The van der Waals surface area contributed by atoms with Crippen molar-refractivity contribution in [3.8, 4) is 5.75 Å². The van der Waals surface area contributed by atoms with Crippen molar-refractivity contribution in [1.29, 1.82) is 0 Å². The van der Waals surface area contributed by atoms with Gasteiger partial charge in [0.25, 0.3) is 0 Å². The fourth-order valence-corrected chi connectivity index (χ4v) is 1.91. The minimum Gasteiger partial charge on any atom is -0.494 e. The lowest BCUT2D eigenvalue weighted by Crippen LogP contribution is -2.33. The second kappa shape index (κ2) is 6.03. The predicted molar refractivity (Wildman–Crippen MR) is 70.2 cm³/mol.